The Balaban J connectivity index is 2.08. The third-order valence-electron chi connectivity index (χ3n) is 2.87. The van der Waals surface area contributed by atoms with E-state index in [4.69, 9.17) is 5.73 Å². The maximum Gasteiger partial charge on any atom is 0.267 e. The highest BCUT2D eigenvalue weighted by Crippen LogP contribution is 2.08. The molecule has 2 aromatic rings. The zero-order chi connectivity index (χ0) is 14.5. The first-order chi connectivity index (χ1) is 9.58. The molecule has 2 rings (SSSR count). The lowest BCUT2D eigenvalue weighted by molar-refractivity contribution is 0.0784. The molecule has 102 valence electrons. The number of hydrogen-bond acceptors (Lipinski definition) is 3. The monoisotopic (exact) mass is 269 g/mol. The SMILES string of the molecule is CN(Cc1ccccc1)C(=O)c1ccc(C(N)=O)nc1. The molecule has 0 spiro atoms. The molecule has 0 fully saturated rings. The molecule has 0 saturated carbocycles. The Labute approximate surface area is 117 Å². The van der Waals surface area contributed by atoms with Gasteiger partial charge in [-0.15, -0.1) is 0 Å². The lowest BCUT2D eigenvalue weighted by atomic mass is 10.2. The van der Waals surface area contributed by atoms with Gasteiger partial charge in [-0.05, 0) is 17.7 Å². The molecule has 0 bridgehead atoms. The smallest absolute Gasteiger partial charge is 0.267 e. The predicted molar refractivity (Wildman–Crippen MR) is 75.0 cm³/mol. The number of rotatable bonds is 4. The van der Waals surface area contributed by atoms with Crippen molar-refractivity contribution in [3.8, 4) is 0 Å². The number of aromatic nitrogens is 1. The molecule has 5 nitrogen and oxygen atoms in total. The minimum Gasteiger partial charge on any atom is -0.364 e. The number of nitrogens with zero attached hydrogens (tertiary/aromatic N) is 2. The van der Waals surface area contributed by atoms with Gasteiger partial charge in [-0.2, -0.15) is 0 Å². The summed E-state index contributed by atoms with van der Waals surface area (Å²) in [5, 5.41) is 0. The van der Waals surface area contributed by atoms with Gasteiger partial charge in [-0.3, -0.25) is 14.6 Å². The highest BCUT2D eigenvalue weighted by Gasteiger charge is 2.13. The van der Waals surface area contributed by atoms with Gasteiger partial charge in [0.2, 0.25) is 0 Å². The van der Waals surface area contributed by atoms with Crippen LogP contribution in [0.1, 0.15) is 26.4 Å². The lowest BCUT2D eigenvalue weighted by Crippen LogP contribution is -2.26. The Bertz CT molecular complexity index is 609. The summed E-state index contributed by atoms with van der Waals surface area (Å²) in [6, 6.07) is 12.7. The number of carbonyl (C=O) groups is 2. The highest BCUT2D eigenvalue weighted by atomic mass is 16.2. The maximum absolute atomic E-state index is 12.2. The molecule has 1 aromatic heterocycles. The normalized spacial score (nSPS) is 10.1. The first-order valence-electron chi connectivity index (χ1n) is 6.13. The van der Waals surface area contributed by atoms with Gasteiger partial charge < -0.3 is 10.6 Å². The van der Waals surface area contributed by atoms with Crippen molar-refractivity contribution in [1.29, 1.82) is 0 Å². The van der Waals surface area contributed by atoms with E-state index in [0.717, 1.165) is 5.56 Å². The number of benzene rings is 1. The van der Waals surface area contributed by atoms with Crippen molar-refractivity contribution in [3.05, 3.63) is 65.5 Å². The molecule has 0 saturated heterocycles. The molecule has 0 aliphatic carbocycles. The Kier molecular flexibility index (Phi) is 4.10. The van der Waals surface area contributed by atoms with Crippen LogP contribution < -0.4 is 5.73 Å². The molecule has 0 radical (unpaired) electrons. The minimum absolute atomic E-state index is 0.146. The van der Waals surface area contributed by atoms with Crippen LogP contribution in [0.3, 0.4) is 0 Å². The van der Waals surface area contributed by atoms with Crippen LogP contribution in [0.5, 0.6) is 0 Å². The molecule has 1 aromatic carbocycles. The summed E-state index contributed by atoms with van der Waals surface area (Å²) < 4.78 is 0. The van der Waals surface area contributed by atoms with Crippen molar-refractivity contribution in [2.24, 2.45) is 5.73 Å². The van der Waals surface area contributed by atoms with Crippen molar-refractivity contribution in [2.75, 3.05) is 7.05 Å². The fourth-order valence-electron chi connectivity index (χ4n) is 1.82. The summed E-state index contributed by atoms with van der Waals surface area (Å²) in [7, 11) is 1.72. The van der Waals surface area contributed by atoms with Crippen LogP contribution in [-0.4, -0.2) is 28.7 Å². The molecule has 20 heavy (non-hydrogen) atoms. The number of pyridine rings is 1. The topological polar surface area (TPSA) is 76.3 Å². The first-order valence-corrected chi connectivity index (χ1v) is 6.13. The molecule has 0 unspecified atom stereocenters. The van der Waals surface area contributed by atoms with Gasteiger partial charge in [0, 0.05) is 19.8 Å². The summed E-state index contributed by atoms with van der Waals surface area (Å²) in [4.78, 5) is 28.6. The van der Waals surface area contributed by atoms with E-state index >= 15 is 0 Å². The fourth-order valence-corrected chi connectivity index (χ4v) is 1.82. The van der Waals surface area contributed by atoms with Crippen LogP contribution in [0.2, 0.25) is 0 Å². The van der Waals surface area contributed by atoms with Gasteiger partial charge in [0.25, 0.3) is 11.8 Å². The summed E-state index contributed by atoms with van der Waals surface area (Å²) in [5.74, 6) is -0.765. The Hall–Kier alpha value is -2.69. The molecule has 5 heteroatoms. The summed E-state index contributed by atoms with van der Waals surface area (Å²) >= 11 is 0. The van der Waals surface area contributed by atoms with E-state index in [9.17, 15) is 9.59 Å². The third kappa shape index (κ3) is 3.20. The largest absolute Gasteiger partial charge is 0.364 e. The molecular formula is C15H15N3O2. The van der Waals surface area contributed by atoms with Crippen LogP contribution in [0.25, 0.3) is 0 Å². The second kappa shape index (κ2) is 5.97. The lowest BCUT2D eigenvalue weighted by Gasteiger charge is -2.17. The maximum atomic E-state index is 12.2. The van der Waals surface area contributed by atoms with Gasteiger partial charge in [0.15, 0.2) is 0 Å². The fraction of sp³-hybridized carbons (Fsp3) is 0.133. The van der Waals surface area contributed by atoms with Crippen molar-refractivity contribution in [3.63, 3.8) is 0 Å². The second-order valence-electron chi connectivity index (χ2n) is 4.44. The Morgan fingerprint density at radius 3 is 2.40 bits per heavy atom. The van der Waals surface area contributed by atoms with E-state index in [1.165, 1.54) is 12.3 Å². The average Bonchev–Trinajstić information content (AvgIpc) is 2.47. The van der Waals surface area contributed by atoms with Gasteiger partial charge in [-0.1, -0.05) is 30.3 Å². The molecule has 2 N–H and O–H groups in total. The highest BCUT2D eigenvalue weighted by molar-refractivity contribution is 5.95. The van der Waals surface area contributed by atoms with Crippen LogP contribution in [0, 0.1) is 0 Å². The minimum atomic E-state index is -0.610. The van der Waals surface area contributed by atoms with Crippen molar-refractivity contribution < 1.29 is 9.59 Å². The van der Waals surface area contributed by atoms with E-state index in [1.54, 1.807) is 18.0 Å². The Morgan fingerprint density at radius 1 is 1.15 bits per heavy atom. The molecule has 0 aliphatic heterocycles. The van der Waals surface area contributed by atoms with Gasteiger partial charge in [0.05, 0.1) is 5.56 Å². The Morgan fingerprint density at radius 2 is 1.85 bits per heavy atom. The molecular weight excluding hydrogens is 254 g/mol. The quantitative estimate of drug-likeness (QED) is 0.912. The average molecular weight is 269 g/mol. The van der Waals surface area contributed by atoms with E-state index in [-0.39, 0.29) is 11.6 Å². The summed E-state index contributed by atoms with van der Waals surface area (Å²) in [6.07, 6.45) is 1.36. The van der Waals surface area contributed by atoms with Crippen molar-refractivity contribution in [2.45, 2.75) is 6.54 Å². The van der Waals surface area contributed by atoms with Gasteiger partial charge >= 0.3 is 0 Å². The first kappa shape index (κ1) is 13.7. The van der Waals surface area contributed by atoms with Crippen LogP contribution >= 0.6 is 0 Å². The predicted octanol–water partition coefficient (Wildman–Crippen LogP) is 1.45. The van der Waals surface area contributed by atoms with Crippen molar-refractivity contribution >= 4 is 11.8 Å². The van der Waals surface area contributed by atoms with Crippen LogP contribution in [0.15, 0.2) is 48.7 Å². The van der Waals surface area contributed by atoms with Crippen LogP contribution in [0.4, 0.5) is 0 Å². The van der Waals surface area contributed by atoms with E-state index in [2.05, 4.69) is 4.98 Å². The summed E-state index contributed by atoms with van der Waals surface area (Å²) in [5.41, 5.74) is 6.72. The van der Waals surface area contributed by atoms with Crippen molar-refractivity contribution in [1.82, 2.24) is 9.88 Å². The standard InChI is InChI=1S/C15H15N3O2/c1-18(10-11-5-3-2-4-6-11)15(20)12-7-8-13(14(16)19)17-9-12/h2-9H,10H2,1H3,(H2,16,19). The molecule has 2 amide bonds. The second-order valence-corrected chi connectivity index (χ2v) is 4.44. The molecule has 0 atom stereocenters. The number of carbonyl (C=O) groups excluding carboxylic acids is 2. The summed E-state index contributed by atoms with van der Waals surface area (Å²) in [6.45, 7) is 0.511. The van der Waals surface area contributed by atoms with E-state index in [1.807, 2.05) is 30.3 Å². The molecule has 1 heterocycles. The number of nitrogens with two attached hydrogens (primary N) is 1. The zero-order valence-corrected chi connectivity index (χ0v) is 11.1. The number of primary amides is 1. The van der Waals surface area contributed by atoms with Gasteiger partial charge in [-0.25, -0.2) is 0 Å². The van der Waals surface area contributed by atoms with E-state index in [0.29, 0.717) is 12.1 Å². The van der Waals surface area contributed by atoms with Crippen LogP contribution in [-0.2, 0) is 6.54 Å². The number of hydrogen-bond donors (Lipinski definition) is 1. The zero-order valence-electron chi connectivity index (χ0n) is 11.1. The van der Waals surface area contributed by atoms with Gasteiger partial charge in [0.1, 0.15) is 5.69 Å². The third-order valence-corrected chi connectivity index (χ3v) is 2.87. The number of amides is 2. The van der Waals surface area contributed by atoms with E-state index < -0.39 is 5.91 Å². The molecule has 0 aliphatic rings.